The maximum absolute atomic E-state index is 5.35. The molecule has 0 bridgehead atoms. The van der Waals surface area contributed by atoms with E-state index in [4.69, 9.17) is 4.52 Å². The van der Waals surface area contributed by atoms with Crippen molar-refractivity contribution in [3.63, 3.8) is 0 Å². The molecule has 0 saturated heterocycles. The summed E-state index contributed by atoms with van der Waals surface area (Å²) in [7, 11) is 0. The highest BCUT2D eigenvalue weighted by Gasteiger charge is 2.27. The predicted molar refractivity (Wildman–Crippen MR) is 88.8 cm³/mol. The summed E-state index contributed by atoms with van der Waals surface area (Å²) in [6, 6.07) is 6.26. The smallest absolute Gasteiger partial charge is 0.278 e. The maximum Gasteiger partial charge on any atom is 0.278 e. The lowest BCUT2D eigenvalue weighted by atomic mass is 10.1. The van der Waals surface area contributed by atoms with Crippen LogP contribution in [0.4, 0.5) is 0 Å². The second-order valence-electron chi connectivity index (χ2n) is 6.26. The third-order valence-electron chi connectivity index (χ3n) is 4.51. The molecular formula is C17H15N7O. The average Bonchev–Trinajstić information content (AvgIpc) is 3.26. The van der Waals surface area contributed by atoms with Crippen LogP contribution in [0.25, 0.3) is 23.0 Å². The molecule has 25 heavy (non-hydrogen) atoms. The summed E-state index contributed by atoms with van der Waals surface area (Å²) in [5, 5.41) is 12.5. The Kier molecular flexibility index (Phi) is 2.74. The van der Waals surface area contributed by atoms with Crippen LogP contribution >= 0.6 is 0 Å². The quantitative estimate of drug-likeness (QED) is 0.468. The molecular weight excluding hydrogens is 318 g/mol. The van der Waals surface area contributed by atoms with E-state index >= 15 is 0 Å². The van der Waals surface area contributed by atoms with E-state index in [9.17, 15) is 0 Å². The van der Waals surface area contributed by atoms with E-state index in [2.05, 4.69) is 55.1 Å². The van der Waals surface area contributed by atoms with E-state index in [-0.39, 0.29) is 0 Å². The van der Waals surface area contributed by atoms with Crippen LogP contribution in [0.3, 0.4) is 0 Å². The third-order valence-corrected chi connectivity index (χ3v) is 4.51. The number of aryl methyl sites for hydroxylation is 3. The van der Waals surface area contributed by atoms with Crippen molar-refractivity contribution in [3.8, 4) is 23.0 Å². The van der Waals surface area contributed by atoms with Gasteiger partial charge in [-0.25, -0.2) is 9.67 Å². The molecule has 5 rings (SSSR count). The second kappa shape index (κ2) is 4.85. The van der Waals surface area contributed by atoms with Gasteiger partial charge in [-0.15, -0.1) is 5.10 Å². The van der Waals surface area contributed by atoms with Gasteiger partial charge in [0.25, 0.3) is 5.89 Å². The summed E-state index contributed by atoms with van der Waals surface area (Å²) >= 11 is 0. The first kappa shape index (κ1) is 14.1. The maximum atomic E-state index is 5.35. The molecule has 3 aromatic heterocycles. The Labute approximate surface area is 143 Å². The molecule has 4 aromatic rings. The van der Waals surface area contributed by atoms with Crippen molar-refractivity contribution >= 4 is 0 Å². The minimum Gasteiger partial charge on any atom is -0.332 e. The molecule has 1 aliphatic heterocycles. The lowest BCUT2D eigenvalue weighted by Crippen LogP contribution is -2.03. The molecule has 0 N–H and O–H groups in total. The molecule has 0 radical (unpaired) electrons. The van der Waals surface area contributed by atoms with Crippen molar-refractivity contribution in [2.24, 2.45) is 0 Å². The molecule has 0 atom stereocenters. The number of aromatic nitrogens is 7. The second-order valence-corrected chi connectivity index (χ2v) is 6.26. The molecule has 8 nitrogen and oxygen atoms in total. The summed E-state index contributed by atoms with van der Waals surface area (Å²) < 4.78 is 9.32. The first-order valence-corrected chi connectivity index (χ1v) is 8.01. The first-order chi connectivity index (χ1) is 12.1. The van der Waals surface area contributed by atoms with Gasteiger partial charge in [-0.1, -0.05) is 16.4 Å². The van der Waals surface area contributed by atoms with E-state index in [1.54, 1.807) is 13.3 Å². The summed E-state index contributed by atoms with van der Waals surface area (Å²) in [6.45, 7) is 5.83. The Hall–Kier alpha value is -3.29. The largest absolute Gasteiger partial charge is 0.332 e. The van der Waals surface area contributed by atoms with Crippen LogP contribution in [0.5, 0.6) is 0 Å². The first-order valence-electron chi connectivity index (χ1n) is 8.01. The zero-order valence-electron chi connectivity index (χ0n) is 14.1. The molecule has 1 aliphatic rings. The Morgan fingerprint density at radius 2 is 1.96 bits per heavy atom. The minimum absolute atomic E-state index is 0.429. The SMILES string of the molecule is Cc1ccc2c(c1)-n1nnc(C)c1Cc1c(-c3nc(C)no3)ncn1-2. The molecule has 1 aromatic carbocycles. The standard InChI is InChI=1S/C17H15N7O/c1-9-4-5-12-14(6-9)24-13(10(2)20-22-24)7-15-16(18-8-23(12)15)17-19-11(3)21-25-17/h4-6,8H,7H2,1-3H3. The van der Waals surface area contributed by atoms with Gasteiger partial charge in [-0.05, 0) is 38.5 Å². The van der Waals surface area contributed by atoms with Gasteiger partial charge in [-0.3, -0.25) is 4.57 Å². The number of fused-ring (bicyclic) bond motifs is 5. The average molecular weight is 333 g/mol. The van der Waals surface area contributed by atoms with Crippen molar-refractivity contribution in [3.05, 3.63) is 53.0 Å². The molecule has 0 spiro atoms. The summed E-state index contributed by atoms with van der Waals surface area (Å²) in [5.41, 5.74) is 6.76. The fourth-order valence-corrected chi connectivity index (χ4v) is 3.26. The van der Waals surface area contributed by atoms with Gasteiger partial charge in [-0.2, -0.15) is 4.98 Å². The highest BCUT2D eigenvalue weighted by atomic mass is 16.5. The monoisotopic (exact) mass is 333 g/mol. The van der Waals surface area contributed by atoms with Crippen LogP contribution in [0.2, 0.25) is 0 Å². The number of rotatable bonds is 1. The number of hydrogen-bond acceptors (Lipinski definition) is 6. The van der Waals surface area contributed by atoms with Crippen molar-refractivity contribution in [1.82, 2.24) is 34.7 Å². The minimum atomic E-state index is 0.429. The molecule has 0 fully saturated rings. The van der Waals surface area contributed by atoms with E-state index in [1.165, 1.54) is 0 Å². The van der Waals surface area contributed by atoms with E-state index < -0.39 is 0 Å². The van der Waals surface area contributed by atoms with Gasteiger partial charge in [0, 0.05) is 6.42 Å². The van der Waals surface area contributed by atoms with Crippen molar-refractivity contribution in [1.29, 1.82) is 0 Å². The molecule has 0 unspecified atom stereocenters. The summed E-state index contributed by atoms with van der Waals surface area (Å²) in [6.07, 6.45) is 2.43. The number of hydrogen-bond donors (Lipinski definition) is 0. The molecule has 0 amide bonds. The van der Waals surface area contributed by atoms with Crippen molar-refractivity contribution in [2.45, 2.75) is 27.2 Å². The molecule has 4 heterocycles. The zero-order chi connectivity index (χ0) is 17.1. The van der Waals surface area contributed by atoms with Gasteiger partial charge in [0.15, 0.2) is 11.5 Å². The normalized spacial score (nSPS) is 12.4. The Morgan fingerprint density at radius 1 is 1.08 bits per heavy atom. The zero-order valence-corrected chi connectivity index (χ0v) is 14.1. The fraction of sp³-hybridized carbons (Fsp3) is 0.235. The van der Waals surface area contributed by atoms with Crippen LogP contribution in [0, 0.1) is 20.8 Å². The third kappa shape index (κ3) is 1.97. The van der Waals surface area contributed by atoms with Crippen LogP contribution < -0.4 is 0 Å². The molecule has 0 aliphatic carbocycles. The van der Waals surface area contributed by atoms with Crippen molar-refractivity contribution in [2.75, 3.05) is 0 Å². The fourth-order valence-electron chi connectivity index (χ4n) is 3.26. The van der Waals surface area contributed by atoms with Gasteiger partial charge in [0.1, 0.15) is 6.33 Å². The summed E-state index contributed by atoms with van der Waals surface area (Å²) in [4.78, 5) is 8.88. The molecule has 8 heteroatoms. The van der Waals surface area contributed by atoms with E-state index in [0.717, 1.165) is 34.0 Å². The van der Waals surface area contributed by atoms with Gasteiger partial charge in [0.2, 0.25) is 0 Å². The van der Waals surface area contributed by atoms with Crippen LogP contribution in [-0.2, 0) is 6.42 Å². The number of benzene rings is 1. The van der Waals surface area contributed by atoms with Gasteiger partial charge in [0.05, 0.1) is 28.5 Å². The van der Waals surface area contributed by atoms with Gasteiger partial charge >= 0.3 is 0 Å². The van der Waals surface area contributed by atoms with Crippen LogP contribution in [0.15, 0.2) is 29.0 Å². The van der Waals surface area contributed by atoms with Crippen LogP contribution in [0.1, 0.15) is 28.5 Å². The Morgan fingerprint density at radius 3 is 2.76 bits per heavy atom. The van der Waals surface area contributed by atoms with Crippen LogP contribution in [-0.4, -0.2) is 34.7 Å². The molecule has 124 valence electrons. The lowest BCUT2D eigenvalue weighted by molar-refractivity contribution is 0.424. The highest BCUT2D eigenvalue weighted by Crippen LogP contribution is 2.33. The predicted octanol–water partition coefficient (Wildman–Crippen LogP) is 2.33. The van der Waals surface area contributed by atoms with E-state index in [1.807, 2.05) is 11.6 Å². The lowest BCUT2D eigenvalue weighted by Gasteiger charge is -2.10. The Bertz CT molecular complexity index is 1120. The van der Waals surface area contributed by atoms with Crippen molar-refractivity contribution < 1.29 is 4.52 Å². The molecule has 0 saturated carbocycles. The Balaban J connectivity index is 1.83. The van der Waals surface area contributed by atoms with E-state index in [0.29, 0.717) is 23.8 Å². The summed E-state index contributed by atoms with van der Waals surface area (Å²) in [5.74, 6) is 1.02. The highest BCUT2D eigenvalue weighted by molar-refractivity contribution is 5.62. The number of nitrogens with zero attached hydrogens (tertiary/aromatic N) is 7. The topological polar surface area (TPSA) is 87.4 Å². The number of imidazole rings is 1. The van der Waals surface area contributed by atoms with Gasteiger partial charge < -0.3 is 4.52 Å².